The van der Waals surface area contributed by atoms with Gasteiger partial charge in [0.15, 0.2) is 5.82 Å². The number of hydrogen-bond donors (Lipinski definition) is 0. The summed E-state index contributed by atoms with van der Waals surface area (Å²) in [6, 6.07) is 15.0. The molecule has 0 saturated carbocycles. The molecule has 37 heavy (non-hydrogen) atoms. The van der Waals surface area contributed by atoms with Crippen molar-refractivity contribution in [3.05, 3.63) is 70.5 Å². The number of morpholine rings is 1. The highest BCUT2D eigenvalue weighted by molar-refractivity contribution is 5.74. The second-order valence-electron chi connectivity index (χ2n) is 9.75. The Labute approximate surface area is 222 Å². The van der Waals surface area contributed by atoms with Crippen molar-refractivity contribution in [2.75, 3.05) is 50.9 Å². The number of aromatic nitrogens is 2. The number of benzene rings is 2. The van der Waals surface area contributed by atoms with Gasteiger partial charge in [-0.15, -0.1) is 0 Å². The van der Waals surface area contributed by atoms with E-state index in [1.807, 2.05) is 0 Å². The lowest BCUT2D eigenvalue weighted by Crippen LogP contribution is -2.38. The Balaban J connectivity index is 1.68. The first-order valence-electron chi connectivity index (χ1n) is 13.8. The maximum Gasteiger partial charge on any atom is 0.150 e. The summed E-state index contributed by atoms with van der Waals surface area (Å²) >= 11 is 0. The maximum atomic E-state index is 6.45. The van der Waals surface area contributed by atoms with Crippen LogP contribution in [0.3, 0.4) is 0 Å². The smallest absolute Gasteiger partial charge is 0.150 e. The third-order valence-electron chi connectivity index (χ3n) is 7.04. The number of nitrogens with zero attached hydrogens (tertiary/aromatic N) is 4. The predicted molar refractivity (Wildman–Crippen MR) is 152 cm³/mol. The average Bonchev–Trinajstić information content (AvgIpc) is 2.92. The van der Waals surface area contributed by atoms with Crippen LogP contribution in [0.1, 0.15) is 48.8 Å². The van der Waals surface area contributed by atoms with Crippen LogP contribution in [-0.4, -0.2) is 60.9 Å². The lowest BCUT2D eigenvalue weighted by molar-refractivity contribution is 0.0323. The van der Waals surface area contributed by atoms with E-state index in [0.29, 0.717) is 6.61 Å². The molecule has 1 saturated heterocycles. The largest absolute Gasteiger partial charge is 0.492 e. The quantitative estimate of drug-likeness (QED) is 0.339. The summed E-state index contributed by atoms with van der Waals surface area (Å²) in [6.45, 7) is 17.6. The zero-order valence-electron chi connectivity index (χ0n) is 23.2. The van der Waals surface area contributed by atoms with Crippen molar-refractivity contribution in [1.29, 1.82) is 0 Å². The fourth-order valence-corrected chi connectivity index (χ4v) is 5.03. The van der Waals surface area contributed by atoms with E-state index in [1.54, 1.807) is 0 Å². The second kappa shape index (κ2) is 13.0. The molecule has 1 fully saturated rings. The van der Waals surface area contributed by atoms with E-state index in [2.05, 4.69) is 86.9 Å². The van der Waals surface area contributed by atoms with E-state index in [-0.39, 0.29) is 0 Å². The van der Waals surface area contributed by atoms with Gasteiger partial charge in [-0.1, -0.05) is 50.2 Å². The molecule has 4 rings (SSSR count). The fourth-order valence-electron chi connectivity index (χ4n) is 5.03. The summed E-state index contributed by atoms with van der Waals surface area (Å²) < 4.78 is 11.9. The van der Waals surface area contributed by atoms with Crippen LogP contribution in [0.4, 0.5) is 5.82 Å². The number of anilines is 1. The van der Waals surface area contributed by atoms with Crippen LogP contribution < -0.4 is 9.64 Å². The molecule has 0 unspecified atom stereocenters. The van der Waals surface area contributed by atoms with Gasteiger partial charge in [0.25, 0.3) is 0 Å². The number of rotatable bonds is 11. The highest BCUT2D eigenvalue weighted by Gasteiger charge is 2.22. The van der Waals surface area contributed by atoms with Gasteiger partial charge in [-0.3, -0.25) is 4.90 Å². The predicted octanol–water partition coefficient (Wildman–Crippen LogP) is 5.62. The highest BCUT2D eigenvalue weighted by Crippen LogP contribution is 2.37. The Bertz CT molecular complexity index is 1160. The van der Waals surface area contributed by atoms with E-state index in [1.165, 1.54) is 16.7 Å². The van der Waals surface area contributed by atoms with Crippen LogP contribution in [0.5, 0.6) is 5.75 Å². The first-order chi connectivity index (χ1) is 18.0. The van der Waals surface area contributed by atoms with Crippen LogP contribution in [0, 0.1) is 13.8 Å². The fraction of sp³-hybridized carbons (Fsp3) is 0.484. The molecule has 2 heterocycles. The minimum atomic E-state index is 0.643. The van der Waals surface area contributed by atoms with E-state index in [4.69, 9.17) is 19.4 Å². The minimum absolute atomic E-state index is 0.643. The van der Waals surface area contributed by atoms with Crippen molar-refractivity contribution in [3.8, 4) is 17.0 Å². The molecule has 2 aromatic carbocycles. The minimum Gasteiger partial charge on any atom is -0.492 e. The van der Waals surface area contributed by atoms with Gasteiger partial charge in [-0.25, -0.2) is 9.97 Å². The van der Waals surface area contributed by atoms with E-state index in [0.717, 1.165) is 93.0 Å². The summed E-state index contributed by atoms with van der Waals surface area (Å²) in [5.41, 5.74) is 7.73. The van der Waals surface area contributed by atoms with Gasteiger partial charge in [0.1, 0.15) is 12.4 Å². The Morgan fingerprint density at radius 2 is 1.68 bits per heavy atom. The van der Waals surface area contributed by atoms with E-state index < -0.39 is 0 Å². The normalized spacial score (nSPS) is 14.1. The van der Waals surface area contributed by atoms with Crippen molar-refractivity contribution in [2.45, 2.75) is 54.0 Å². The molecule has 1 aliphatic heterocycles. The number of aryl methyl sites for hydroxylation is 4. The van der Waals surface area contributed by atoms with Gasteiger partial charge in [0.2, 0.25) is 0 Å². The van der Waals surface area contributed by atoms with Gasteiger partial charge in [-0.05, 0) is 56.4 Å². The van der Waals surface area contributed by atoms with Gasteiger partial charge < -0.3 is 14.4 Å². The molecule has 1 aromatic heterocycles. The standard InChI is InChI=1S/C31H42N4O2/c1-6-26-30(32-27(7-2)31(33-26)35(8-3)22-25-12-10-9-11-13-25)29-24(5)20-23(4)21-28(29)37-19-16-34-14-17-36-18-15-34/h9-13,20-21H,6-8,14-19,22H2,1-5H3. The molecule has 3 aromatic rings. The van der Waals surface area contributed by atoms with Crippen molar-refractivity contribution in [1.82, 2.24) is 14.9 Å². The van der Waals surface area contributed by atoms with E-state index in [9.17, 15) is 0 Å². The molecule has 198 valence electrons. The van der Waals surface area contributed by atoms with Gasteiger partial charge in [0, 0.05) is 38.3 Å². The number of ether oxygens (including phenoxy) is 2. The maximum absolute atomic E-state index is 6.45. The van der Waals surface area contributed by atoms with Gasteiger partial charge in [0.05, 0.1) is 30.3 Å². The first-order valence-corrected chi connectivity index (χ1v) is 13.8. The monoisotopic (exact) mass is 502 g/mol. The molecule has 1 aliphatic rings. The average molecular weight is 503 g/mol. The molecule has 0 spiro atoms. The molecular formula is C31H42N4O2. The Morgan fingerprint density at radius 3 is 2.35 bits per heavy atom. The molecule has 0 atom stereocenters. The zero-order chi connectivity index (χ0) is 26.2. The molecule has 6 nitrogen and oxygen atoms in total. The molecule has 0 bridgehead atoms. The number of hydrogen-bond acceptors (Lipinski definition) is 6. The summed E-state index contributed by atoms with van der Waals surface area (Å²) in [6.07, 6.45) is 1.63. The van der Waals surface area contributed by atoms with Crippen molar-refractivity contribution in [2.24, 2.45) is 0 Å². The Hall–Kier alpha value is -2.96. The van der Waals surface area contributed by atoms with Gasteiger partial charge in [-0.2, -0.15) is 0 Å². The van der Waals surface area contributed by atoms with Gasteiger partial charge >= 0.3 is 0 Å². The van der Waals surface area contributed by atoms with Crippen LogP contribution in [0.25, 0.3) is 11.3 Å². The molecular weight excluding hydrogens is 460 g/mol. The third kappa shape index (κ3) is 6.68. The van der Waals surface area contributed by atoms with Crippen LogP contribution in [0.15, 0.2) is 42.5 Å². The summed E-state index contributed by atoms with van der Waals surface area (Å²) in [4.78, 5) is 15.3. The molecule has 6 heteroatoms. The Morgan fingerprint density at radius 1 is 0.946 bits per heavy atom. The molecule has 0 amide bonds. The van der Waals surface area contributed by atoms with Crippen molar-refractivity contribution in [3.63, 3.8) is 0 Å². The summed E-state index contributed by atoms with van der Waals surface area (Å²) in [7, 11) is 0. The lowest BCUT2D eigenvalue weighted by atomic mass is 9.98. The summed E-state index contributed by atoms with van der Waals surface area (Å²) in [5, 5.41) is 0. The van der Waals surface area contributed by atoms with Crippen LogP contribution in [0.2, 0.25) is 0 Å². The molecule has 0 N–H and O–H groups in total. The van der Waals surface area contributed by atoms with Crippen LogP contribution in [-0.2, 0) is 24.1 Å². The second-order valence-corrected chi connectivity index (χ2v) is 9.75. The first kappa shape index (κ1) is 27.1. The lowest BCUT2D eigenvalue weighted by Gasteiger charge is -2.27. The van der Waals surface area contributed by atoms with E-state index >= 15 is 0 Å². The SMILES string of the molecule is CCc1nc(N(CC)Cc2ccccc2)c(CC)nc1-c1c(C)cc(C)cc1OCCN1CCOCC1. The molecule has 0 radical (unpaired) electrons. The molecule has 0 aliphatic carbocycles. The van der Waals surface area contributed by atoms with Crippen molar-refractivity contribution < 1.29 is 9.47 Å². The van der Waals surface area contributed by atoms with Crippen LogP contribution >= 0.6 is 0 Å². The highest BCUT2D eigenvalue weighted by atomic mass is 16.5. The topological polar surface area (TPSA) is 50.7 Å². The third-order valence-corrected chi connectivity index (χ3v) is 7.04. The zero-order valence-corrected chi connectivity index (χ0v) is 23.2. The Kier molecular flexibility index (Phi) is 9.53. The summed E-state index contributed by atoms with van der Waals surface area (Å²) in [5.74, 6) is 1.90. The van der Waals surface area contributed by atoms with Crippen molar-refractivity contribution >= 4 is 5.82 Å².